The lowest BCUT2D eigenvalue weighted by Crippen LogP contribution is -2.12. The van der Waals surface area contributed by atoms with Crippen LogP contribution >= 0.6 is 0 Å². The summed E-state index contributed by atoms with van der Waals surface area (Å²) in [4.78, 5) is 4.45. The van der Waals surface area contributed by atoms with Gasteiger partial charge in [0.25, 0.3) is 0 Å². The Labute approximate surface area is 91.9 Å². The van der Waals surface area contributed by atoms with Gasteiger partial charge in [0.1, 0.15) is 5.75 Å². The van der Waals surface area contributed by atoms with Crippen LogP contribution in [0.2, 0.25) is 0 Å². The van der Waals surface area contributed by atoms with Gasteiger partial charge in [0.05, 0.1) is 12.3 Å². The van der Waals surface area contributed by atoms with Crippen LogP contribution < -0.4 is 10.1 Å². The summed E-state index contributed by atoms with van der Waals surface area (Å²) in [5, 5.41) is 3.10. The zero-order valence-corrected chi connectivity index (χ0v) is 10.0. The third kappa shape index (κ3) is 3.88. The maximum atomic E-state index is 5.70. The van der Waals surface area contributed by atoms with Gasteiger partial charge in [-0.15, -0.1) is 0 Å². The number of hydrogen-bond donors (Lipinski definition) is 1. The topological polar surface area (TPSA) is 34.2 Å². The largest absolute Gasteiger partial charge is 0.491 e. The van der Waals surface area contributed by atoms with Crippen LogP contribution in [0.25, 0.3) is 0 Å². The normalized spacial score (nSPS) is 10.7. The summed E-state index contributed by atoms with van der Waals surface area (Å²) in [6.07, 6.45) is 0. The average Bonchev–Trinajstić information content (AvgIpc) is 2.17. The summed E-state index contributed by atoms with van der Waals surface area (Å²) < 4.78 is 5.70. The molecule has 0 aliphatic rings. The summed E-state index contributed by atoms with van der Waals surface area (Å²) in [7, 11) is 1.91. The first-order chi connectivity index (χ1) is 7.13. The summed E-state index contributed by atoms with van der Waals surface area (Å²) >= 11 is 0. The highest BCUT2D eigenvalue weighted by Gasteiger charge is 2.05. The molecule has 0 bridgehead atoms. The van der Waals surface area contributed by atoms with Crippen LogP contribution in [0.3, 0.4) is 0 Å². The van der Waals surface area contributed by atoms with E-state index in [1.54, 1.807) is 0 Å². The molecule has 0 aliphatic heterocycles. The molecule has 0 amide bonds. The zero-order valence-electron chi connectivity index (χ0n) is 10.0. The Bertz CT molecular complexity index is 310. The van der Waals surface area contributed by atoms with Gasteiger partial charge >= 0.3 is 0 Å². The van der Waals surface area contributed by atoms with Gasteiger partial charge in [-0.25, -0.2) is 0 Å². The van der Waals surface area contributed by atoms with E-state index in [1.807, 2.05) is 26.1 Å². The van der Waals surface area contributed by atoms with Crippen molar-refractivity contribution in [2.45, 2.75) is 27.3 Å². The van der Waals surface area contributed by atoms with Crippen LogP contribution in [0.15, 0.2) is 12.1 Å². The lowest BCUT2D eigenvalue weighted by molar-refractivity contribution is 0.266. The second kappa shape index (κ2) is 5.71. The number of aromatic nitrogens is 1. The maximum absolute atomic E-state index is 5.70. The van der Waals surface area contributed by atoms with Crippen molar-refractivity contribution < 1.29 is 4.74 Å². The van der Waals surface area contributed by atoms with Crippen LogP contribution in [0, 0.1) is 12.8 Å². The molecule has 3 nitrogen and oxygen atoms in total. The Hall–Kier alpha value is -1.09. The number of rotatable bonds is 5. The molecule has 0 saturated carbocycles. The molecule has 1 rings (SSSR count). The van der Waals surface area contributed by atoms with Crippen LogP contribution in [-0.4, -0.2) is 18.6 Å². The molecule has 0 fully saturated rings. The first-order valence-corrected chi connectivity index (χ1v) is 5.37. The smallest absolute Gasteiger partial charge is 0.142 e. The van der Waals surface area contributed by atoms with Crippen LogP contribution in [0.1, 0.15) is 25.2 Å². The van der Waals surface area contributed by atoms with Crippen molar-refractivity contribution in [2.75, 3.05) is 13.7 Å². The average molecular weight is 208 g/mol. The predicted molar refractivity (Wildman–Crippen MR) is 62.1 cm³/mol. The number of pyridine rings is 1. The molecular formula is C12H20N2O. The number of nitrogens with one attached hydrogen (secondary N) is 1. The van der Waals surface area contributed by atoms with E-state index < -0.39 is 0 Å². The molecule has 0 aromatic carbocycles. The highest BCUT2D eigenvalue weighted by atomic mass is 16.5. The minimum atomic E-state index is 0.536. The minimum absolute atomic E-state index is 0.536. The van der Waals surface area contributed by atoms with E-state index >= 15 is 0 Å². The molecule has 1 heterocycles. The fourth-order valence-corrected chi connectivity index (χ4v) is 1.28. The standard InChI is InChI=1S/C12H20N2O/c1-9(2)8-15-12-6-5-10(3)14-11(12)7-13-4/h5-6,9,13H,7-8H2,1-4H3. The SMILES string of the molecule is CNCc1nc(C)ccc1OCC(C)C. The molecule has 1 N–H and O–H groups in total. The van der Waals surface area contributed by atoms with Crippen molar-refractivity contribution >= 4 is 0 Å². The molecule has 1 aromatic heterocycles. The zero-order chi connectivity index (χ0) is 11.3. The maximum Gasteiger partial charge on any atom is 0.142 e. The molecular weight excluding hydrogens is 188 g/mol. The van der Waals surface area contributed by atoms with E-state index in [0.29, 0.717) is 5.92 Å². The van der Waals surface area contributed by atoms with E-state index in [4.69, 9.17) is 4.74 Å². The third-order valence-corrected chi connectivity index (χ3v) is 1.99. The summed E-state index contributed by atoms with van der Waals surface area (Å²) in [6, 6.07) is 3.98. The van der Waals surface area contributed by atoms with E-state index in [9.17, 15) is 0 Å². The molecule has 84 valence electrons. The fraction of sp³-hybridized carbons (Fsp3) is 0.583. The van der Waals surface area contributed by atoms with E-state index in [-0.39, 0.29) is 0 Å². The van der Waals surface area contributed by atoms with Gasteiger partial charge in [0.15, 0.2) is 0 Å². The lowest BCUT2D eigenvalue weighted by atomic mass is 10.2. The summed E-state index contributed by atoms with van der Waals surface area (Å²) in [6.45, 7) is 7.75. The first-order valence-electron chi connectivity index (χ1n) is 5.37. The van der Waals surface area contributed by atoms with Crippen molar-refractivity contribution in [3.8, 4) is 5.75 Å². The third-order valence-electron chi connectivity index (χ3n) is 1.99. The predicted octanol–water partition coefficient (Wildman–Crippen LogP) is 2.14. The second-order valence-electron chi connectivity index (χ2n) is 4.13. The minimum Gasteiger partial charge on any atom is -0.491 e. The van der Waals surface area contributed by atoms with Gasteiger partial charge in [-0.2, -0.15) is 0 Å². The lowest BCUT2D eigenvalue weighted by Gasteiger charge is -2.12. The molecule has 0 spiro atoms. The van der Waals surface area contributed by atoms with Crippen molar-refractivity contribution in [1.82, 2.24) is 10.3 Å². The molecule has 0 aliphatic carbocycles. The fourth-order valence-electron chi connectivity index (χ4n) is 1.28. The first kappa shape index (κ1) is 12.0. The van der Waals surface area contributed by atoms with E-state index in [1.165, 1.54) is 0 Å². The van der Waals surface area contributed by atoms with E-state index in [2.05, 4.69) is 24.1 Å². The molecule has 0 unspecified atom stereocenters. The van der Waals surface area contributed by atoms with Crippen molar-refractivity contribution in [3.05, 3.63) is 23.5 Å². The van der Waals surface area contributed by atoms with Crippen molar-refractivity contribution in [2.24, 2.45) is 5.92 Å². The number of hydrogen-bond acceptors (Lipinski definition) is 3. The molecule has 3 heteroatoms. The second-order valence-corrected chi connectivity index (χ2v) is 4.13. The Morgan fingerprint density at radius 2 is 2.13 bits per heavy atom. The number of nitrogens with zero attached hydrogens (tertiary/aromatic N) is 1. The summed E-state index contributed by atoms with van der Waals surface area (Å²) in [5.41, 5.74) is 2.01. The van der Waals surface area contributed by atoms with E-state index in [0.717, 1.165) is 30.3 Å². The Morgan fingerprint density at radius 3 is 2.73 bits per heavy atom. The van der Waals surface area contributed by atoms with Gasteiger partial charge < -0.3 is 10.1 Å². The van der Waals surface area contributed by atoms with Gasteiger partial charge in [-0.05, 0) is 32.0 Å². The van der Waals surface area contributed by atoms with Crippen LogP contribution in [0.4, 0.5) is 0 Å². The molecule has 0 saturated heterocycles. The molecule has 0 atom stereocenters. The molecule has 15 heavy (non-hydrogen) atoms. The van der Waals surface area contributed by atoms with Gasteiger partial charge in [0.2, 0.25) is 0 Å². The number of ether oxygens (including phenoxy) is 1. The highest BCUT2D eigenvalue weighted by Crippen LogP contribution is 2.17. The van der Waals surface area contributed by atoms with Gasteiger partial charge in [0, 0.05) is 12.2 Å². The van der Waals surface area contributed by atoms with Crippen molar-refractivity contribution in [1.29, 1.82) is 0 Å². The van der Waals surface area contributed by atoms with Crippen molar-refractivity contribution in [3.63, 3.8) is 0 Å². The Balaban J connectivity index is 2.76. The highest BCUT2D eigenvalue weighted by molar-refractivity contribution is 5.29. The van der Waals surface area contributed by atoms with Crippen LogP contribution in [0.5, 0.6) is 5.75 Å². The monoisotopic (exact) mass is 208 g/mol. The Kier molecular flexibility index (Phi) is 4.56. The molecule has 1 aromatic rings. The van der Waals surface area contributed by atoms with Crippen LogP contribution in [-0.2, 0) is 6.54 Å². The van der Waals surface area contributed by atoms with Gasteiger partial charge in [-0.1, -0.05) is 13.8 Å². The molecule has 0 radical (unpaired) electrons. The number of aryl methyl sites for hydroxylation is 1. The Morgan fingerprint density at radius 1 is 1.40 bits per heavy atom. The quantitative estimate of drug-likeness (QED) is 0.805. The summed E-state index contributed by atoms with van der Waals surface area (Å²) in [5.74, 6) is 1.43. The van der Waals surface area contributed by atoms with Gasteiger partial charge in [-0.3, -0.25) is 4.98 Å².